The van der Waals surface area contributed by atoms with Crippen LogP contribution < -0.4 is 4.74 Å². The molecule has 0 spiro atoms. The lowest BCUT2D eigenvalue weighted by atomic mass is 10.0. The zero-order chi connectivity index (χ0) is 26.2. The lowest BCUT2D eigenvalue weighted by Crippen LogP contribution is -2.35. The van der Waals surface area contributed by atoms with E-state index in [0.717, 1.165) is 45.3 Å². The average Bonchev–Trinajstić information content (AvgIpc) is 3.48. The smallest absolute Gasteiger partial charge is 0.410 e. The van der Waals surface area contributed by atoms with E-state index in [1.54, 1.807) is 9.58 Å². The molecule has 0 N–H and O–H groups in total. The molecule has 1 saturated heterocycles. The quantitative estimate of drug-likeness (QED) is 0.325. The summed E-state index contributed by atoms with van der Waals surface area (Å²) in [6.45, 7) is 9.44. The van der Waals surface area contributed by atoms with Crippen LogP contribution in [0.25, 0.3) is 22.2 Å². The van der Waals surface area contributed by atoms with E-state index in [1.165, 1.54) is 0 Å². The highest BCUT2D eigenvalue weighted by atomic mass is 16.6. The van der Waals surface area contributed by atoms with Gasteiger partial charge < -0.3 is 14.4 Å². The maximum absolute atomic E-state index is 12.5. The molecule has 1 amide bonds. The zero-order valence-corrected chi connectivity index (χ0v) is 22.2. The summed E-state index contributed by atoms with van der Waals surface area (Å²) in [5.74, 6) is 0.787. The molecule has 5 rings (SSSR count). The third kappa shape index (κ3) is 5.61. The molecule has 37 heavy (non-hydrogen) atoms. The van der Waals surface area contributed by atoms with Gasteiger partial charge in [0.05, 0.1) is 11.2 Å². The first-order valence-corrected chi connectivity index (χ1v) is 12.8. The molecule has 192 valence electrons. The summed E-state index contributed by atoms with van der Waals surface area (Å²) in [7, 11) is 1.89. The van der Waals surface area contributed by atoms with Crippen molar-refractivity contribution in [1.82, 2.24) is 19.7 Å². The predicted octanol–water partition coefficient (Wildman–Crippen LogP) is 6.25. The number of benzene rings is 2. The fourth-order valence-electron chi connectivity index (χ4n) is 4.81. The van der Waals surface area contributed by atoms with E-state index in [1.807, 2.05) is 52.2 Å². The van der Waals surface area contributed by atoms with Crippen LogP contribution in [-0.2, 0) is 18.4 Å². The molecule has 2 aromatic carbocycles. The van der Waals surface area contributed by atoms with Gasteiger partial charge >= 0.3 is 6.09 Å². The number of likely N-dealkylation sites (tertiary alicyclic amines) is 1. The minimum Gasteiger partial charge on any atom is -0.472 e. The third-order valence-corrected chi connectivity index (χ3v) is 6.62. The highest BCUT2D eigenvalue weighted by Gasteiger charge is 2.33. The largest absolute Gasteiger partial charge is 0.472 e. The number of aromatic nitrogens is 3. The first kappa shape index (κ1) is 24.8. The molecule has 1 atom stereocenters. The topological polar surface area (TPSA) is 69.5 Å². The van der Waals surface area contributed by atoms with Crippen LogP contribution in [0.2, 0.25) is 0 Å². The van der Waals surface area contributed by atoms with Crippen molar-refractivity contribution in [1.29, 1.82) is 0 Å². The maximum atomic E-state index is 12.5. The van der Waals surface area contributed by atoms with E-state index in [4.69, 9.17) is 14.5 Å². The van der Waals surface area contributed by atoms with Crippen LogP contribution >= 0.6 is 0 Å². The molecule has 0 bridgehead atoms. The van der Waals surface area contributed by atoms with Gasteiger partial charge in [-0.05, 0) is 57.4 Å². The number of ether oxygens (including phenoxy) is 2. The van der Waals surface area contributed by atoms with E-state index in [9.17, 15) is 4.79 Å². The van der Waals surface area contributed by atoms with Gasteiger partial charge in [0.25, 0.3) is 0 Å². The Morgan fingerprint density at radius 1 is 1.11 bits per heavy atom. The normalized spacial score (nSPS) is 15.8. The summed E-state index contributed by atoms with van der Waals surface area (Å²) in [5.41, 5.74) is 5.80. The molecule has 3 heterocycles. The summed E-state index contributed by atoms with van der Waals surface area (Å²) < 4.78 is 13.5. The van der Waals surface area contributed by atoms with Crippen molar-refractivity contribution < 1.29 is 14.3 Å². The lowest BCUT2D eigenvalue weighted by molar-refractivity contribution is 0.0292. The van der Waals surface area contributed by atoms with Crippen LogP contribution in [0.15, 0.2) is 60.8 Å². The molecular weight excluding hydrogens is 464 g/mol. The number of carbonyl (C=O) groups is 1. The predicted molar refractivity (Wildman–Crippen MR) is 145 cm³/mol. The summed E-state index contributed by atoms with van der Waals surface area (Å²) in [4.78, 5) is 19.2. The number of aryl methyl sites for hydroxylation is 2. The van der Waals surface area contributed by atoms with E-state index in [-0.39, 0.29) is 12.0 Å². The molecule has 7 heteroatoms. The van der Waals surface area contributed by atoms with E-state index < -0.39 is 5.60 Å². The third-order valence-electron chi connectivity index (χ3n) is 6.62. The SMILES string of the molecule is Cc1cc2ccccc2nc1-c1ccc(COc2nn(C)cc2C2CCN(C(=O)OC(C)(C)C)C2)cc1. The summed E-state index contributed by atoms with van der Waals surface area (Å²) in [5, 5.41) is 5.70. The second kappa shape index (κ2) is 9.88. The number of rotatable bonds is 5. The van der Waals surface area contributed by atoms with Gasteiger partial charge in [-0.25, -0.2) is 9.78 Å². The Morgan fingerprint density at radius 2 is 1.86 bits per heavy atom. The minimum absolute atomic E-state index is 0.167. The van der Waals surface area contributed by atoms with Crippen molar-refractivity contribution in [3.63, 3.8) is 0 Å². The Labute approximate surface area is 218 Å². The van der Waals surface area contributed by atoms with Gasteiger partial charge in [-0.2, -0.15) is 0 Å². The van der Waals surface area contributed by atoms with Gasteiger partial charge in [-0.15, -0.1) is 5.10 Å². The molecule has 1 unspecified atom stereocenters. The molecule has 1 fully saturated rings. The zero-order valence-electron chi connectivity index (χ0n) is 22.2. The Morgan fingerprint density at radius 3 is 2.62 bits per heavy atom. The van der Waals surface area contributed by atoms with Crippen LogP contribution in [0.3, 0.4) is 0 Å². The second-order valence-electron chi connectivity index (χ2n) is 10.8. The van der Waals surface area contributed by atoms with Crippen molar-refractivity contribution in [2.45, 2.75) is 52.2 Å². The number of amides is 1. The first-order valence-electron chi connectivity index (χ1n) is 12.8. The Balaban J connectivity index is 1.26. The first-order chi connectivity index (χ1) is 17.7. The van der Waals surface area contributed by atoms with Crippen LogP contribution in [0, 0.1) is 6.92 Å². The molecule has 1 aliphatic heterocycles. The average molecular weight is 499 g/mol. The van der Waals surface area contributed by atoms with Crippen LogP contribution in [0.5, 0.6) is 5.88 Å². The van der Waals surface area contributed by atoms with Crippen molar-refractivity contribution in [3.8, 4) is 17.1 Å². The number of para-hydroxylation sites is 1. The molecule has 4 aromatic rings. The summed E-state index contributed by atoms with van der Waals surface area (Å²) in [6.07, 6.45) is 2.59. The van der Waals surface area contributed by atoms with Gasteiger partial charge in [-0.1, -0.05) is 42.5 Å². The molecule has 0 saturated carbocycles. The van der Waals surface area contributed by atoms with E-state index in [0.29, 0.717) is 25.6 Å². The van der Waals surface area contributed by atoms with Crippen LogP contribution in [-0.4, -0.2) is 44.4 Å². The highest BCUT2D eigenvalue weighted by Crippen LogP contribution is 2.34. The fraction of sp³-hybridized carbons (Fsp3) is 0.367. The number of carbonyl (C=O) groups excluding carboxylic acids is 1. The summed E-state index contributed by atoms with van der Waals surface area (Å²) >= 11 is 0. The van der Waals surface area contributed by atoms with Gasteiger partial charge in [0.15, 0.2) is 0 Å². The van der Waals surface area contributed by atoms with Crippen molar-refractivity contribution in [2.75, 3.05) is 13.1 Å². The van der Waals surface area contributed by atoms with Crippen molar-refractivity contribution in [2.24, 2.45) is 7.05 Å². The summed E-state index contributed by atoms with van der Waals surface area (Å²) in [6, 6.07) is 18.7. The van der Waals surface area contributed by atoms with Crippen LogP contribution in [0.1, 0.15) is 49.8 Å². The number of nitrogens with zero attached hydrogens (tertiary/aromatic N) is 4. The number of hydrogen-bond acceptors (Lipinski definition) is 5. The maximum Gasteiger partial charge on any atom is 0.410 e. The molecular formula is C30H34N4O3. The van der Waals surface area contributed by atoms with Crippen LogP contribution in [0.4, 0.5) is 4.79 Å². The van der Waals surface area contributed by atoms with Gasteiger partial charge in [0.1, 0.15) is 12.2 Å². The number of fused-ring (bicyclic) bond motifs is 1. The Hall–Kier alpha value is -3.87. The molecule has 0 aliphatic carbocycles. The highest BCUT2D eigenvalue weighted by molar-refractivity contribution is 5.83. The fourth-order valence-corrected chi connectivity index (χ4v) is 4.81. The second-order valence-corrected chi connectivity index (χ2v) is 10.8. The minimum atomic E-state index is -0.504. The standard InChI is InChI=1S/C30H34N4O3/c1-20-16-23-8-6-7-9-26(23)31-27(20)22-12-10-21(11-13-22)19-36-28-25(18-33(5)32-28)24-14-15-34(17-24)29(35)37-30(2,3)4/h6-13,16,18,24H,14-15,17,19H2,1-5H3. The van der Waals surface area contributed by atoms with Gasteiger partial charge in [-0.3, -0.25) is 4.68 Å². The van der Waals surface area contributed by atoms with Gasteiger partial charge in [0.2, 0.25) is 5.88 Å². The lowest BCUT2D eigenvalue weighted by Gasteiger charge is -2.24. The number of hydrogen-bond donors (Lipinski definition) is 0. The molecule has 0 radical (unpaired) electrons. The van der Waals surface area contributed by atoms with E-state index in [2.05, 4.69) is 48.4 Å². The van der Waals surface area contributed by atoms with Crippen molar-refractivity contribution >= 4 is 17.0 Å². The van der Waals surface area contributed by atoms with E-state index >= 15 is 0 Å². The van der Waals surface area contributed by atoms with Crippen molar-refractivity contribution in [3.05, 3.63) is 77.5 Å². The Bertz CT molecular complexity index is 1420. The van der Waals surface area contributed by atoms with Gasteiger partial charge in [0, 0.05) is 48.8 Å². The monoisotopic (exact) mass is 498 g/mol. The molecule has 1 aliphatic rings. The Kier molecular flexibility index (Phi) is 6.63. The number of pyridine rings is 1. The molecule has 2 aromatic heterocycles. The molecule has 7 nitrogen and oxygen atoms in total.